The van der Waals surface area contributed by atoms with Crippen molar-refractivity contribution in [3.63, 3.8) is 0 Å². The molecule has 0 N–H and O–H groups in total. The average molecular weight is 449 g/mol. The summed E-state index contributed by atoms with van der Waals surface area (Å²) in [7, 11) is 0.0836. The molecule has 2 aromatic carbocycles. The molecule has 142 valence electrons. The van der Waals surface area contributed by atoms with Crippen LogP contribution >= 0.6 is 42.6 Å². The van der Waals surface area contributed by atoms with E-state index in [2.05, 4.69) is 0 Å². The lowest BCUT2D eigenvalue weighted by Crippen LogP contribution is -2.18. The molecule has 2 atom stereocenters. The van der Waals surface area contributed by atoms with Crippen molar-refractivity contribution >= 4 is 53.9 Å². The lowest BCUT2D eigenvalue weighted by molar-refractivity contribution is 0.0982. The molecule has 2 unspecified atom stereocenters. The number of ether oxygens (including phenoxy) is 2. The van der Waals surface area contributed by atoms with E-state index in [-0.39, 0.29) is 37.7 Å². The van der Waals surface area contributed by atoms with Gasteiger partial charge in [-0.3, -0.25) is 4.79 Å². The highest BCUT2D eigenvalue weighted by Gasteiger charge is 2.45. The molecule has 0 aliphatic rings. The number of Topliss-reactive ketones (excluding diaryl/α,β-unsaturated/α-hetero) is 1. The van der Waals surface area contributed by atoms with Gasteiger partial charge in [-0.1, -0.05) is 45.4 Å². The molecule has 0 saturated heterocycles. The van der Waals surface area contributed by atoms with Gasteiger partial charge in [0.05, 0.1) is 29.8 Å². The molecule has 0 bridgehead atoms. The van der Waals surface area contributed by atoms with Gasteiger partial charge in [0, 0.05) is 5.02 Å². The Labute approximate surface area is 172 Å². The standard InChI is InChI=1S/C18H15Cl3O5P/c1-9(17(22)15-11(20)7-10(19)8-12(15)21)27(24)18(23)16-13(25-2)5-4-6-14(16)26-3/h4-9H,1-3H3/q+1. The maximum atomic E-state index is 12.8. The number of benzene rings is 2. The molecule has 5 nitrogen and oxygen atoms in total. The Morgan fingerprint density at radius 2 is 1.44 bits per heavy atom. The van der Waals surface area contributed by atoms with Crippen LogP contribution < -0.4 is 9.47 Å². The Bertz CT molecular complexity index is 884. The summed E-state index contributed by atoms with van der Waals surface area (Å²) in [6.45, 7) is 1.38. The van der Waals surface area contributed by atoms with Gasteiger partial charge in [0.1, 0.15) is 11.5 Å². The van der Waals surface area contributed by atoms with E-state index >= 15 is 0 Å². The topological polar surface area (TPSA) is 69.7 Å². The molecule has 0 fully saturated rings. The Balaban J connectivity index is 2.41. The molecular formula is C18H15Cl3O5P+. The summed E-state index contributed by atoms with van der Waals surface area (Å²) in [6.07, 6.45) is 0. The molecule has 2 aromatic rings. The van der Waals surface area contributed by atoms with Gasteiger partial charge < -0.3 is 9.47 Å². The molecule has 9 heteroatoms. The number of methoxy groups -OCH3 is 2. The van der Waals surface area contributed by atoms with Crippen LogP contribution in [0.1, 0.15) is 27.6 Å². The van der Waals surface area contributed by atoms with Gasteiger partial charge in [-0.05, 0) is 31.2 Å². The van der Waals surface area contributed by atoms with E-state index in [9.17, 15) is 14.2 Å². The molecule has 0 spiro atoms. The highest BCUT2D eigenvalue weighted by Crippen LogP contribution is 2.42. The quantitative estimate of drug-likeness (QED) is 0.389. The van der Waals surface area contributed by atoms with Crippen molar-refractivity contribution in [3.05, 3.63) is 56.5 Å². The fourth-order valence-corrected chi connectivity index (χ4v) is 4.58. The van der Waals surface area contributed by atoms with Crippen molar-refractivity contribution in [3.8, 4) is 11.5 Å². The highest BCUT2D eigenvalue weighted by atomic mass is 35.5. The van der Waals surface area contributed by atoms with Gasteiger partial charge in [-0.15, -0.1) is 0 Å². The number of carbonyl (C=O) groups is 2. The molecule has 0 aliphatic heterocycles. The summed E-state index contributed by atoms with van der Waals surface area (Å²) in [5.74, 6) is -0.222. The van der Waals surface area contributed by atoms with Crippen LogP contribution in [0, 0.1) is 0 Å². The second-order valence-electron chi connectivity index (χ2n) is 5.45. The zero-order valence-electron chi connectivity index (χ0n) is 14.6. The van der Waals surface area contributed by atoms with Crippen LogP contribution in [0.3, 0.4) is 0 Å². The number of halogens is 3. The fourth-order valence-electron chi connectivity index (χ4n) is 2.44. The molecule has 0 aliphatic carbocycles. The second-order valence-corrected chi connectivity index (χ2v) is 8.54. The van der Waals surface area contributed by atoms with Crippen molar-refractivity contribution < 1.29 is 23.6 Å². The first-order valence-electron chi connectivity index (χ1n) is 7.63. The smallest absolute Gasteiger partial charge is 0.431 e. The zero-order chi connectivity index (χ0) is 20.3. The third-order valence-electron chi connectivity index (χ3n) is 3.83. The Kier molecular flexibility index (Phi) is 7.24. The lowest BCUT2D eigenvalue weighted by atomic mass is 10.1. The first-order valence-corrected chi connectivity index (χ1v) is 10.1. The largest absolute Gasteiger partial charge is 0.496 e. The zero-order valence-corrected chi connectivity index (χ0v) is 17.7. The minimum Gasteiger partial charge on any atom is -0.496 e. The number of rotatable bonds is 7. The normalized spacial score (nSPS) is 12.3. The summed E-state index contributed by atoms with van der Waals surface area (Å²) in [5.41, 5.74) is -1.95. The minimum absolute atomic E-state index is 0.0107. The molecule has 0 radical (unpaired) electrons. The Morgan fingerprint density at radius 3 is 1.89 bits per heavy atom. The molecule has 0 amide bonds. The Hall–Kier alpha value is -1.65. The van der Waals surface area contributed by atoms with Crippen molar-refractivity contribution in [1.82, 2.24) is 0 Å². The third kappa shape index (κ3) is 4.44. The first kappa shape index (κ1) is 21.6. The lowest BCUT2D eigenvalue weighted by Gasteiger charge is -2.10. The first-order chi connectivity index (χ1) is 12.7. The van der Waals surface area contributed by atoms with Gasteiger partial charge in [0.2, 0.25) is 11.4 Å². The van der Waals surface area contributed by atoms with Gasteiger partial charge >= 0.3 is 13.3 Å². The van der Waals surface area contributed by atoms with E-state index in [0.29, 0.717) is 0 Å². The number of hydrogen-bond acceptors (Lipinski definition) is 5. The Morgan fingerprint density at radius 1 is 0.963 bits per heavy atom. The van der Waals surface area contributed by atoms with Crippen LogP contribution in [0.25, 0.3) is 0 Å². The molecular weight excluding hydrogens is 434 g/mol. The van der Waals surface area contributed by atoms with Crippen LogP contribution in [0.4, 0.5) is 0 Å². The summed E-state index contributed by atoms with van der Waals surface area (Å²) < 4.78 is 23.2. The summed E-state index contributed by atoms with van der Waals surface area (Å²) in [5, 5.41) is 0.304. The summed E-state index contributed by atoms with van der Waals surface area (Å²) >= 11 is 18.0. The molecule has 0 saturated carbocycles. The van der Waals surface area contributed by atoms with Crippen LogP contribution in [0.2, 0.25) is 15.1 Å². The number of ketones is 1. The molecule has 27 heavy (non-hydrogen) atoms. The predicted molar refractivity (Wildman–Crippen MR) is 107 cm³/mol. The molecule has 0 aromatic heterocycles. The van der Waals surface area contributed by atoms with Gasteiger partial charge in [-0.25, -0.2) is 4.79 Å². The van der Waals surface area contributed by atoms with Crippen molar-refractivity contribution in [2.75, 3.05) is 14.2 Å². The monoisotopic (exact) mass is 447 g/mol. The van der Waals surface area contributed by atoms with Crippen LogP contribution in [0.15, 0.2) is 30.3 Å². The maximum Gasteiger partial charge on any atom is 0.431 e. The van der Waals surface area contributed by atoms with E-state index in [1.165, 1.54) is 33.3 Å². The average Bonchev–Trinajstić information content (AvgIpc) is 2.64. The summed E-state index contributed by atoms with van der Waals surface area (Å²) in [6, 6.07) is 7.42. The van der Waals surface area contributed by atoms with Crippen LogP contribution in [0.5, 0.6) is 11.5 Å². The SMILES string of the molecule is COc1cccc(OC)c1C(=O)[P+](=O)C(C)C(=O)c1c(Cl)cc(Cl)cc1Cl. The van der Waals surface area contributed by atoms with E-state index in [1.807, 2.05) is 0 Å². The summed E-state index contributed by atoms with van der Waals surface area (Å²) in [4.78, 5) is 25.6. The van der Waals surface area contributed by atoms with Crippen LogP contribution in [-0.2, 0) is 4.57 Å². The van der Waals surface area contributed by atoms with Crippen LogP contribution in [-0.4, -0.2) is 31.2 Å². The van der Waals surface area contributed by atoms with Gasteiger partial charge in [0.15, 0.2) is 5.56 Å². The number of carbonyl (C=O) groups excluding carboxylic acids is 2. The predicted octanol–water partition coefficient (Wildman–Crippen LogP) is 5.90. The van der Waals surface area contributed by atoms with Gasteiger partial charge in [0.25, 0.3) is 0 Å². The number of hydrogen-bond donors (Lipinski definition) is 0. The highest BCUT2D eigenvalue weighted by molar-refractivity contribution is 7.66. The second kappa shape index (κ2) is 9.03. The van der Waals surface area contributed by atoms with E-state index in [0.717, 1.165) is 0 Å². The van der Waals surface area contributed by atoms with E-state index < -0.39 is 24.8 Å². The van der Waals surface area contributed by atoms with Gasteiger partial charge in [-0.2, -0.15) is 0 Å². The fraction of sp³-hybridized carbons (Fsp3) is 0.222. The van der Waals surface area contributed by atoms with E-state index in [4.69, 9.17) is 44.3 Å². The molecule has 0 heterocycles. The third-order valence-corrected chi connectivity index (χ3v) is 6.20. The van der Waals surface area contributed by atoms with Crippen molar-refractivity contribution in [2.24, 2.45) is 0 Å². The molecule has 2 rings (SSSR count). The van der Waals surface area contributed by atoms with Crippen molar-refractivity contribution in [1.29, 1.82) is 0 Å². The van der Waals surface area contributed by atoms with E-state index in [1.54, 1.807) is 18.2 Å². The maximum absolute atomic E-state index is 12.8. The van der Waals surface area contributed by atoms with Crippen molar-refractivity contribution in [2.45, 2.75) is 12.6 Å². The minimum atomic E-state index is -2.67.